The molecule has 1 amide bonds. The molecule has 2 saturated heterocycles. The number of rotatable bonds is 9. The number of aryl methyl sites for hydroxylation is 1. The molecule has 2 fully saturated rings. The molecular formula is C23H37N3O5S2. The zero-order chi connectivity index (χ0) is 24.2. The molecule has 0 bridgehead atoms. The smallest absolute Gasteiger partial charge is 0.243 e. The van der Waals surface area contributed by atoms with Crippen LogP contribution < -0.4 is 0 Å². The van der Waals surface area contributed by atoms with E-state index >= 15 is 0 Å². The van der Waals surface area contributed by atoms with Crippen molar-refractivity contribution in [3.8, 4) is 0 Å². The molecule has 0 saturated carbocycles. The SMILES string of the molecule is CCCc1ccc(S(=O)(=O)N2CCN(CC(=O)N([C@H]3CCS(=O)(=O)C3)[C@H](C)CC)CC2)cc1. The van der Waals surface area contributed by atoms with Crippen LogP contribution in [0.5, 0.6) is 0 Å². The third kappa shape index (κ3) is 6.35. The van der Waals surface area contributed by atoms with Crippen LogP contribution in [-0.4, -0.2) is 93.2 Å². The maximum atomic E-state index is 13.2. The average molecular weight is 500 g/mol. The van der Waals surface area contributed by atoms with E-state index < -0.39 is 19.9 Å². The van der Waals surface area contributed by atoms with Gasteiger partial charge in [0.25, 0.3) is 0 Å². The number of nitrogens with zero attached hydrogens (tertiary/aromatic N) is 3. The van der Waals surface area contributed by atoms with Crippen molar-refractivity contribution in [3.63, 3.8) is 0 Å². The molecule has 186 valence electrons. The summed E-state index contributed by atoms with van der Waals surface area (Å²) in [4.78, 5) is 17.2. The van der Waals surface area contributed by atoms with Gasteiger partial charge in [0.15, 0.2) is 9.84 Å². The van der Waals surface area contributed by atoms with Crippen LogP contribution in [0.25, 0.3) is 0 Å². The molecule has 10 heteroatoms. The Morgan fingerprint density at radius 2 is 1.76 bits per heavy atom. The van der Waals surface area contributed by atoms with Gasteiger partial charge in [0.05, 0.1) is 22.9 Å². The normalized spacial score (nSPS) is 22.8. The summed E-state index contributed by atoms with van der Waals surface area (Å²) in [6.07, 6.45) is 3.18. The molecule has 2 atom stereocenters. The van der Waals surface area contributed by atoms with Crippen LogP contribution in [0.4, 0.5) is 0 Å². The van der Waals surface area contributed by atoms with Gasteiger partial charge in [-0.15, -0.1) is 0 Å². The van der Waals surface area contributed by atoms with Gasteiger partial charge in [0.2, 0.25) is 15.9 Å². The van der Waals surface area contributed by atoms with E-state index in [9.17, 15) is 21.6 Å². The number of amides is 1. The van der Waals surface area contributed by atoms with Gasteiger partial charge in [-0.1, -0.05) is 32.4 Å². The van der Waals surface area contributed by atoms with Crippen molar-refractivity contribution in [2.24, 2.45) is 0 Å². The number of sulfone groups is 1. The second kappa shape index (κ2) is 10.8. The Kier molecular flexibility index (Phi) is 8.58. The van der Waals surface area contributed by atoms with Crippen LogP contribution in [0.15, 0.2) is 29.2 Å². The molecule has 0 spiro atoms. The number of carbonyl (C=O) groups excluding carboxylic acids is 1. The first kappa shape index (κ1) is 26.1. The third-order valence-corrected chi connectivity index (χ3v) is 10.4. The molecule has 2 aliphatic rings. The highest BCUT2D eigenvalue weighted by molar-refractivity contribution is 7.91. The molecular weight excluding hydrogens is 462 g/mol. The Bertz CT molecular complexity index is 1020. The Morgan fingerprint density at radius 3 is 2.27 bits per heavy atom. The lowest BCUT2D eigenvalue weighted by Gasteiger charge is -2.38. The molecule has 8 nitrogen and oxygen atoms in total. The highest BCUT2D eigenvalue weighted by Crippen LogP contribution is 2.23. The predicted octanol–water partition coefficient (Wildman–Crippen LogP) is 1.76. The van der Waals surface area contributed by atoms with E-state index in [-0.39, 0.29) is 36.0 Å². The molecule has 0 unspecified atom stereocenters. The van der Waals surface area contributed by atoms with Crippen molar-refractivity contribution >= 4 is 25.8 Å². The van der Waals surface area contributed by atoms with E-state index in [2.05, 4.69) is 6.92 Å². The lowest BCUT2D eigenvalue weighted by atomic mass is 10.1. The van der Waals surface area contributed by atoms with Crippen LogP contribution >= 0.6 is 0 Å². The monoisotopic (exact) mass is 499 g/mol. The van der Waals surface area contributed by atoms with Gasteiger partial charge in [-0.3, -0.25) is 9.69 Å². The van der Waals surface area contributed by atoms with Gasteiger partial charge >= 0.3 is 0 Å². The zero-order valence-electron chi connectivity index (χ0n) is 19.9. The quantitative estimate of drug-likeness (QED) is 0.514. The first-order valence-corrected chi connectivity index (χ1v) is 15.2. The van der Waals surface area contributed by atoms with E-state index in [1.54, 1.807) is 17.0 Å². The molecule has 2 heterocycles. The molecule has 1 aromatic carbocycles. The van der Waals surface area contributed by atoms with E-state index in [4.69, 9.17) is 0 Å². The summed E-state index contributed by atoms with van der Waals surface area (Å²) in [5.74, 6) is 0.0919. The van der Waals surface area contributed by atoms with Crippen molar-refractivity contribution < 1.29 is 21.6 Å². The number of carbonyl (C=O) groups is 1. The van der Waals surface area contributed by atoms with E-state index in [0.717, 1.165) is 24.8 Å². The first-order valence-electron chi connectivity index (χ1n) is 11.9. The maximum absolute atomic E-state index is 13.2. The topological polar surface area (TPSA) is 95.1 Å². The molecule has 0 radical (unpaired) electrons. The second-order valence-corrected chi connectivity index (χ2v) is 13.4. The van der Waals surface area contributed by atoms with Crippen LogP contribution in [-0.2, 0) is 31.1 Å². The zero-order valence-corrected chi connectivity index (χ0v) is 21.6. The van der Waals surface area contributed by atoms with Gasteiger partial charge in [0.1, 0.15) is 0 Å². The lowest BCUT2D eigenvalue weighted by Crippen LogP contribution is -2.54. The standard InChI is InChI=1S/C23H37N3O5S2/c1-4-6-20-7-9-22(10-8-20)33(30,31)25-14-12-24(13-15-25)17-23(27)26(19(3)5-2)21-11-16-32(28,29)18-21/h7-10,19,21H,4-6,11-18H2,1-3H3/t19-,21+/m1/s1. The molecule has 33 heavy (non-hydrogen) atoms. The summed E-state index contributed by atoms with van der Waals surface area (Å²) in [6, 6.07) is 6.80. The van der Waals surface area contributed by atoms with Crippen LogP contribution in [0.1, 0.15) is 45.6 Å². The number of sulfonamides is 1. The Balaban J connectivity index is 1.60. The van der Waals surface area contributed by atoms with Crippen molar-refractivity contribution in [3.05, 3.63) is 29.8 Å². The lowest BCUT2D eigenvalue weighted by molar-refractivity contribution is -0.137. The second-order valence-electron chi connectivity index (χ2n) is 9.19. The Labute approximate surface area is 198 Å². The minimum Gasteiger partial charge on any atom is -0.335 e. The number of hydrogen-bond donors (Lipinski definition) is 0. The molecule has 2 aliphatic heterocycles. The summed E-state index contributed by atoms with van der Waals surface area (Å²) >= 11 is 0. The highest BCUT2D eigenvalue weighted by Gasteiger charge is 2.37. The van der Waals surface area contributed by atoms with E-state index in [1.807, 2.05) is 30.9 Å². The fourth-order valence-electron chi connectivity index (χ4n) is 4.67. The number of piperazine rings is 1. The summed E-state index contributed by atoms with van der Waals surface area (Å²) < 4.78 is 51.5. The third-order valence-electron chi connectivity index (χ3n) is 6.75. The van der Waals surface area contributed by atoms with Gasteiger partial charge in [-0.05, 0) is 43.9 Å². The minimum atomic E-state index is -3.56. The minimum absolute atomic E-state index is 0.0339. The van der Waals surface area contributed by atoms with Crippen LogP contribution in [0.2, 0.25) is 0 Å². The van der Waals surface area contributed by atoms with Gasteiger partial charge in [-0.2, -0.15) is 4.31 Å². The predicted molar refractivity (Wildman–Crippen MR) is 129 cm³/mol. The van der Waals surface area contributed by atoms with Crippen molar-refractivity contribution in [1.82, 2.24) is 14.1 Å². The maximum Gasteiger partial charge on any atom is 0.243 e. The fourth-order valence-corrected chi connectivity index (χ4v) is 7.80. The average Bonchev–Trinajstić information content (AvgIpc) is 3.13. The first-order chi connectivity index (χ1) is 15.6. The Morgan fingerprint density at radius 1 is 1.12 bits per heavy atom. The Hall–Kier alpha value is -1.49. The van der Waals surface area contributed by atoms with Gasteiger partial charge < -0.3 is 4.90 Å². The molecule has 0 aromatic heterocycles. The molecule has 3 rings (SSSR count). The highest BCUT2D eigenvalue weighted by atomic mass is 32.2. The van der Waals surface area contributed by atoms with E-state index in [1.165, 1.54) is 4.31 Å². The van der Waals surface area contributed by atoms with Gasteiger partial charge in [-0.25, -0.2) is 16.8 Å². The number of benzene rings is 1. The fraction of sp³-hybridized carbons (Fsp3) is 0.696. The van der Waals surface area contributed by atoms with E-state index in [0.29, 0.717) is 37.5 Å². The van der Waals surface area contributed by atoms with Crippen LogP contribution in [0, 0.1) is 0 Å². The molecule has 0 aliphatic carbocycles. The summed E-state index contributed by atoms with van der Waals surface area (Å²) in [7, 11) is -6.65. The summed E-state index contributed by atoms with van der Waals surface area (Å²) in [6.45, 7) is 7.81. The summed E-state index contributed by atoms with van der Waals surface area (Å²) in [5.41, 5.74) is 1.13. The largest absolute Gasteiger partial charge is 0.335 e. The molecule has 0 N–H and O–H groups in total. The van der Waals surface area contributed by atoms with Crippen molar-refractivity contribution in [2.75, 3.05) is 44.2 Å². The molecule has 1 aromatic rings. The van der Waals surface area contributed by atoms with Crippen molar-refractivity contribution in [1.29, 1.82) is 0 Å². The van der Waals surface area contributed by atoms with Gasteiger partial charge in [0, 0.05) is 38.3 Å². The van der Waals surface area contributed by atoms with Crippen LogP contribution in [0.3, 0.4) is 0 Å². The van der Waals surface area contributed by atoms with Crippen molar-refractivity contribution in [2.45, 2.75) is 63.4 Å². The summed E-state index contributed by atoms with van der Waals surface area (Å²) in [5, 5.41) is 0. The number of hydrogen-bond acceptors (Lipinski definition) is 6.